The maximum Gasteiger partial charge on any atom is 0.278 e. The zero-order valence-corrected chi connectivity index (χ0v) is 11.3. The fourth-order valence-corrected chi connectivity index (χ4v) is 1.77. The molecule has 0 aliphatic heterocycles. The average molecular weight is 274 g/mol. The van der Waals surface area contributed by atoms with Crippen molar-refractivity contribution in [2.24, 2.45) is 0 Å². The number of benzene rings is 1. The Morgan fingerprint density at radius 2 is 1.95 bits per heavy atom. The summed E-state index contributed by atoms with van der Waals surface area (Å²) in [5, 5.41) is 2.83. The van der Waals surface area contributed by atoms with Crippen LogP contribution in [0.2, 0.25) is 0 Å². The first-order chi connectivity index (χ1) is 9.65. The van der Waals surface area contributed by atoms with E-state index in [1.807, 2.05) is 6.92 Å². The van der Waals surface area contributed by atoms with E-state index < -0.39 is 0 Å². The molecule has 0 unspecified atom stereocenters. The number of carbonyl (C=O) groups is 1. The van der Waals surface area contributed by atoms with Crippen molar-refractivity contribution in [3.05, 3.63) is 48.2 Å². The van der Waals surface area contributed by atoms with E-state index in [0.29, 0.717) is 18.1 Å². The summed E-state index contributed by atoms with van der Waals surface area (Å²) in [5.41, 5.74) is 0.869. The summed E-state index contributed by atoms with van der Waals surface area (Å²) < 4.78 is 12.9. The van der Waals surface area contributed by atoms with Crippen molar-refractivity contribution in [3.63, 3.8) is 0 Å². The Morgan fingerprint density at radius 3 is 2.45 bits per heavy atom. The smallest absolute Gasteiger partial charge is 0.278 e. The van der Waals surface area contributed by atoms with Gasteiger partial charge in [-0.15, -0.1) is 0 Å². The highest BCUT2D eigenvalue weighted by atomic mass is 19.1. The summed E-state index contributed by atoms with van der Waals surface area (Å²) in [6.45, 7) is 2.30. The van der Waals surface area contributed by atoms with Gasteiger partial charge in [-0.05, 0) is 31.2 Å². The second-order valence-electron chi connectivity index (χ2n) is 4.06. The maximum absolute atomic E-state index is 12.9. The van der Waals surface area contributed by atoms with Gasteiger partial charge in [0.05, 0.1) is 12.4 Å². The highest BCUT2D eigenvalue weighted by molar-refractivity contribution is 6.04. The van der Waals surface area contributed by atoms with Crippen LogP contribution in [0.1, 0.15) is 17.4 Å². The molecule has 1 N–H and O–H groups in total. The predicted molar refractivity (Wildman–Crippen MR) is 75.3 cm³/mol. The highest BCUT2D eigenvalue weighted by Gasteiger charge is 2.17. The molecule has 0 atom stereocenters. The van der Waals surface area contributed by atoms with Gasteiger partial charge >= 0.3 is 0 Å². The van der Waals surface area contributed by atoms with E-state index in [9.17, 15) is 9.18 Å². The quantitative estimate of drug-likeness (QED) is 0.929. The first-order valence-electron chi connectivity index (χ1n) is 6.23. The zero-order valence-electron chi connectivity index (χ0n) is 11.3. The molecule has 5 nitrogen and oxygen atoms in total. The Hall–Kier alpha value is -2.50. The molecule has 6 heteroatoms. The molecule has 2 aromatic rings. The van der Waals surface area contributed by atoms with E-state index in [2.05, 4.69) is 15.3 Å². The van der Waals surface area contributed by atoms with Gasteiger partial charge in [0.2, 0.25) is 0 Å². The van der Waals surface area contributed by atoms with E-state index in [1.165, 1.54) is 29.4 Å². The van der Waals surface area contributed by atoms with E-state index in [4.69, 9.17) is 0 Å². The van der Waals surface area contributed by atoms with Crippen molar-refractivity contribution >= 4 is 17.4 Å². The summed E-state index contributed by atoms with van der Waals surface area (Å²) in [5.74, 6) is -0.0175. The lowest BCUT2D eigenvalue weighted by atomic mass is 10.2. The fraction of sp³-hybridized carbons (Fsp3) is 0.214. The number of aromatic nitrogens is 2. The van der Waals surface area contributed by atoms with Crippen LogP contribution in [0, 0.1) is 5.82 Å². The number of halogens is 1. The van der Waals surface area contributed by atoms with E-state index >= 15 is 0 Å². The van der Waals surface area contributed by atoms with Crippen LogP contribution < -0.4 is 10.2 Å². The first kappa shape index (κ1) is 13.9. The Labute approximate surface area is 116 Å². The van der Waals surface area contributed by atoms with Gasteiger partial charge in [-0.25, -0.2) is 14.4 Å². The van der Waals surface area contributed by atoms with Gasteiger partial charge in [0.25, 0.3) is 5.91 Å². The molecular formula is C14H15FN4O. The molecular weight excluding hydrogens is 259 g/mol. The fourth-order valence-electron chi connectivity index (χ4n) is 1.77. The van der Waals surface area contributed by atoms with E-state index in [1.54, 1.807) is 19.2 Å². The normalized spacial score (nSPS) is 10.2. The number of hydrogen-bond donors (Lipinski definition) is 1. The Kier molecular flexibility index (Phi) is 4.24. The van der Waals surface area contributed by atoms with Crippen molar-refractivity contribution < 1.29 is 9.18 Å². The van der Waals surface area contributed by atoms with Crippen molar-refractivity contribution in [1.82, 2.24) is 9.97 Å². The van der Waals surface area contributed by atoms with Crippen molar-refractivity contribution in [2.75, 3.05) is 23.8 Å². The summed E-state index contributed by atoms with van der Waals surface area (Å²) in [6, 6.07) is 5.76. The van der Waals surface area contributed by atoms with Crippen LogP contribution >= 0.6 is 0 Å². The molecule has 2 rings (SSSR count). The largest absolute Gasteiger partial charge is 0.372 e. The van der Waals surface area contributed by atoms with Gasteiger partial charge in [-0.1, -0.05) is 0 Å². The number of anilines is 2. The molecule has 20 heavy (non-hydrogen) atoms. The molecule has 0 radical (unpaired) electrons. The van der Waals surface area contributed by atoms with Crippen LogP contribution in [0.15, 0.2) is 36.7 Å². The third kappa shape index (κ3) is 2.90. The number of carbonyl (C=O) groups excluding carboxylic acids is 1. The minimum absolute atomic E-state index is 0.246. The van der Waals surface area contributed by atoms with Crippen LogP contribution in [-0.2, 0) is 0 Å². The van der Waals surface area contributed by atoms with Gasteiger partial charge in [0.15, 0.2) is 0 Å². The van der Waals surface area contributed by atoms with Gasteiger partial charge in [0.1, 0.15) is 17.3 Å². The third-order valence-corrected chi connectivity index (χ3v) is 2.83. The molecule has 0 aliphatic carbocycles. The number of hydrogen-bond acceptors (Lipinski definition) is 4. The van der Waals surface area contributed by atoms with E-state index in [0.717, 1.165) is 0 Å². The number of amides is 1. The summed E-state index contributed by atoms with van der Waals surface area (Å²) in [7, 11) is 1.72. The second kappa shape index (κ2) is 6.10. The maximum atomic E-state index is 12.9. The van der Waals surface area contributed by atoms with Crippen LogP contribution in [0.3, 0.4) is 0 Å². The summed E-state index contributed by atoms with van der Waals surface area (Å²) in [6.07, 6.45) is 2.91. The molecule has 0 spiro atoms. The van der Waals surface area contributed by atoms with Gasteiger partial charge in [0, 0.05) is 19.3 Å². The average Bonchev–Trinajstić information content (AvgIpc) is 2.50. The standard InChI is InChI=1S/C14H15FN4O/c1-3-19(11-6-4-10(15)5-7-11)14(20)12-8-18-13(16-2)9-17-12/h4-9H,3H2,1-2H3,(H,16,18). The minimum atomic E-state index is -0.338. The summed E-state index contributed by atoms with van der Waals surface area (Å²) >= 11 is 0. The van der Waals surface area contributed by atoms with Gasteiger partial charge < -0.3 is 10.2 Å². The van der Waals surface area contributed by atoms with Crippen molar-refractivity contribution in [3.8, 4) is 0 Å². The van der Waals surface area contributed by atoms with Crippen LogP contribution in [0.5, 0.6) is 0 Å². The molecule has 1 amide bonds. The second-order valence-corrected chi connectivity index (χ2v) is 4.06. The molecule has 104 valence electrons. The lowest BCUT2D eigenvalue weighted by molar-refractivity contribution is 0.0983. The monoisotopic (exact) mass is 274 g/mol. The van der Waals surface area contributed by atoms with Gasteiger partial charge in [-0.2, -0.15) is 0 Å². The number of rotatable bonds is 4. The Balaban J connectivity index is 2.26. The molecule has 1 heterocycles. The van der Waals surface area contributed by atoms with E-state index in [-0.39, 0.29) is 17.4 Å². The first-order valence-corrected chi connectivity index (χ1v) is 6.23. The van der Waals surface area contributed by atoms with Crippen LogP contribution in [0.25, 0.3) is 0 Å². The van der Waals surface area contributed by atoms with Crippen molar-refractivity contribution in [1.29, 1.82) is 0 Å². The molecule has 0 saturated heterocycles. The summed E-state index contributed by atoms with van der Waals surface area (Å²) in [4.78, 5) is 22.0. The van der Waals surface area contributed by atoms with Crippen molar-refractivity contribution in [2.45, 2.75) is 6.92 Å². The minimum Gasteiger partial charge on any atom is -0.372 e. The molecule has 0 fully saturated rings. The topological polar surface area (TPSA) is 58.1 Å². The van der Waals surface area contributed by atoms with Gasteiger partial charge in [-0.3, -0.25) is 4.79 Å². The third-order valence-electron chi connectivity index (χ3n) is 2.83. The Bertz CT molecular complexity index is 583. The molecule has 0 bridgehead atoms. The lowest BCUT2D eigenvalue weighted by Crippen LogP contribution is -2.31. The SMILES string of the molecule is CCN(C(=O)c1cnc(NC)cn1)c1ccc(F)cc1. The molecule has 0 saturated carbocycles. The van der Waals surface area contributed by atoms with Crippen LogP contribution in [0.4, 0.5) is 15.9 Å². The molecule has 0 aliphatic rings. The predicted octanol–water partition coefficient (Wildman–Crippen LogP) is 2.32. The number of nitrogens with zero attached hydrogens (tertiary/aromatic N) is 3. The van der Waals surface area contributed by atoms with Crippen LogP contribution in [-0.4, -0.2) is 29.5 Å². The molecule has 1 aromatic heterocycles. The molecule has 1 aromatic carbocycles. The number of nitrogens with one attached hydrogen (secondary N) is 1. The lowest BCUT2D eigenvalue weighted by Gasteiger charge is -2.20. The Morgan fingerprint density at radius 1 is 1.25 bits per heavy atom. The zero-order chi connectivity index (χ0) is 14.5. The highest BCUT2D eigenvalue weighted by Crippen LogP contribution is 2.17.